The minimum atomic E-state index is 0.164. The molecule has 0 aliphatic heterocycles. The summed E-state index contributed by atoms with van der Waals surface area (Å²) in [5.41, 5.74) is 4.05. The SMILES string of the molecule is Cc1ccc(C(=O)CSc2nc3ccccc3s2)c(C)c1. The molecule has 4 heteroatoms. The monoisotopic (exact) mass is 313 g/mol. The summed E-state index contributed by atoms with van der Waals surface area (Å²) in [5, 5.41) is 0. The number of ketones is 1. The molecule has 0 fully saturated rings. The lowest BCUT2D eigenvalue weighted by Crippen LogP contribution is -2.04. The predicted octanol–water partition coefficient (Wildman–Crippen LogP) is 4.89. The molecule has 0 spiro atoms. The second-order valence-corrected chi connectivity index (χ2v) is 7.23. The van der Waals surface area contributed by atoms with Gasteiger partial charge in [-0.2, -0.15) is 0 Å². The van der Waals surface area contributed by atoms with Gasteiger partial charge in [0.25, 0.3) is 0 Å². The van der Waals surface area contributed by atoms with Crippen molar-refractivity contribution in [3.63, 3.8) is 0 Å². The van der Waals surface area contributed by atoms with Crippen molar-refractivity contribution in [2.75, 3.05) is 5.75 Å². The van der Waals surface area contributed by atoms with E-state index in [-0.39, 0.29) is 5.78 Å². The van der Waals surface area contributed by atoms with E-state index in [0.29, 0.717) is 5.75 Å². The molecule has 1 heterocycles. The summed E-state index contributed by atoms with van der Waals surface area (Å²) in [6.07, 6.45) is 0. The molecule has 3 rings (SSSR count). The molecule has 0 N–H and O–H groups in total. The summed E-state index contributed by atoms with van der Waals surface area (Å²) in [6.45, 7) is 4.03. The number of rotatable bonds is 4. The summed E-state index contributed by atoms with van der Waals surface area (Å²) in [6, 6.07) is 14.0. The molecule has 0 bridgehead atoms. The molecular formula is C17H15NOS2. The van der Waals surface area contributed by atoms with Crippen molar-refractivity contribution in [3.05, 3.63) is 59.2 Å². The first kappa shape index (κ1) is 14.3. The maximum atomic E-state index is 12.3. The van der Waals surface area contributed by atoms with Gasteiger partial charge in [-0.1, -0.05) is 47.7 Å². The summed E-state index contributed by atoms with van der Waals surface area (Å²) in [7, 11) is 0. The molecular weight excluding hydrogens is 298 g/mol. The van der Waals surface area contributed by atoms with Crippen LogP contribution in [0.3, 0.4) is 0 Å². The Kier molecular flexibility index (Phi) is 4.08. The van der Waals surface area contributed by atoms with Gasteiger partial charge in [0.1, 0.15) is 0 Å². The van der Waals surface area contributed by atoms with Gasteiger partial charge in [0.05, 0.1) is 16.0 Å². The third-order valence-electron chi connectivity index (χ3n) is 3.28. The van der Waals surface area contributed by atoms with Gasteiger partial charge in [0.2, 0.25) is 0 Å². The number of para-hydroxylation sites is 1. The lowest BCUT2D eigenvalue weighted by molar-refractivity contribution is 0.102. The molecule has 0 saturated heterocycles. The van der Waals surface area contributed by atoms with Crippen LogP contribution in [0.15, 0.2) is 46.8 Å². The molecule has 3 aromatic rings. The van der Waals surface area contributed by atoms with Crippen molar-refractivity contribution < 1.29 is 4.79 Å². The van der Waals surface area contributed by atoms with Gasteiger partial charge in [-0.05, 0) is 31.5 Å². The Morgan fingerprint density at radius 3 is 2.76 bits per heavy atom. The number of hydrogen-bond acceptors (Lipinski definition) is 4. The van der Waals surface area contributed by atoms with E-state index in [1.54, 1.807) is 11.3 Å². The second-order valence-electron chi connectivity index (χ2n) is 4.98. The van der Waals surface area contributed by atoms with Crippen LogP contribution in [-0.2, 0) is 0 Å². The second kappa shape index (κ2) is 6.00. The Morgan fingerprint density at radius 2 is 2.00 bits per heavy atom. The van der Waals surface area contributed by atoms with E-state index in [4.69, 9.17) is 0 Å². The van der Waals surface area contributed by atoms with Crippen molar-refractivity contribution in [3.8, 4) is 0 Å². The molecule has 0 aliphatic carbocycles. The van der Waals surface area contributed by atoms with Crippen LogP contribution < -0.4 is 0 Å². The minimum Gasteiger partial charge on any atom is -0.293 e. The van der Waals surface area contributed by atoms with E-state index >= 15 is 0 Å². The van der Waals surface area contributed by atoms with Crippen LogP contribution in [0.4, 0.5) is 0 Å². The third-order valence-corrected chi connectivity index (χ3v) is 5.46. The van der Waals surface area contributed by atoms with E-state index in [0.717, 1.165) is 21.0 Å². The number of aryl methyl sites for hydroxylation is 2. The van der Waals surface area contributed by atoms with E-state index in [1.165, 1.54) is 22.0 Å². The Bertz CT molecular complexity index is 774. The average Bonchev–Trinajstić information content (AvgIpc) is 2.87. The highest BCUT2D eigenvalue weighted by Crippen LogP contribution is 2.29. The van der Waals surface area contributed by atoms with Gasteiger partial charge in [-0.15, -0.1) is 11.3 Å². The topological polar surface area (TPSA) is 30.0 Å². The zero-order valence-corrected chi connectivity index (χ0v) is 13.6. The number of benzene rings is 2. The summed E-state index contributed by atoms with van der Waals surface area (Å²) >= 11 is 3.16. The summed E-state index contributed by atoms with van der Waals surface area (Å²) in [4.78, 5) is 16.9. The summed E-state index contributed by atoms with van der Waals surface area (Å²) in [5.74, 6) is 0.598. The number of nitrogens with zero attached hydrogens (tertiary/aromatic N) is 1. The van der Waals surface area contributed by atoms with Crippen LogP contribution in [-0.4, -0.2) is 16.5 Å². The normalized spacial score (nSPS) is 11.0. The van der Waals surface area contributed by atoms with Crippen molar-refractivity contribution in [2.24, 2.45) is 0 Å². The molecule has 21 heavy (non-hydrogen) atoms. The van der Waals surface area contributed by atoms with Gasteiger partial charge in [-0.25, -0.2) is 4.98 Å². The zero-order chi connectivity index (χ0) is 14.8. The van der Waals surface area contributed by atoms with E-state index in [2.05, 4.69) is 17.1 Å². The smallest absolute Gasteiger partial charge is 0.173 e. The molecule has 0 saturated carbocycles. The number of thiazole rings is 1. The lowest BCUT2D eigenvalue weighted by atomic mass is 10.0. The first-order valence-corrected chi connectivity index (χ1v) is 8.52. The number of thioether (sulfide) groups is 1. The largest absolute Gasteiger partial charge is 0.293 e. The molecule has 0 atom stereocenters. The highest BCUT2D eigenvalue weighted by atomic mass is 32.2. The van der Waals surface area contributed by atoms with Crippen LogP contribution in [0.2, 0.25) is 0 Å². The molecule has 0 unspecified atom stereocenters. The van der Waals surface area contributed by atoms with E-state index in [9.17, 15) is 4.79 Å². The Hall–Kier alpha value is -1.65. The van der Waals surface area contributed by atoms with Crippen LogP contribution in [0.1, 0.15) is 21.5 Å². The maximum Gasteiger partial charge on any atom is 0.173 e. The average molecular weight is 313 g/mol. The quantitative estimate of drug-likeness (QED) is 0.507. The Morgan fingerprint density at radius 1 is 1.19 bits per heavy atom. The van der Waals surface area contributed by atoms with Crippen molar-refractivity contribution in [1.82, 2.24) is 4.98 Å². The number of carbonyl (C=O) groups excluding carboxylic acids is 1. The Balaban J connectivity index is 1.73. The van der Waals surface area contributed by atoms with Gasteiger partial charge in [-0.3, -0.25) is 4.79 Å². The van der Waals surface area contributed by atoms with Crippen molar-refractivity contribution in [1.29, 1.82) is 0 Å². The first-order chi connectivity index (χ1) is 10.1. The first-order valence-electron chi connectivity index (χ1n) is 6.72. The fourth-order valence-corrected chi connectivity index (χ4v) is 4.20. The summed E-state index contributed by atoms with van der Waals surface area (Å²) < 4.78 is 2.12. The van der Waals surface area contributed by atoms with Crippen LogP contribution >= 0.6 is 23.1 Å². The highest BCUT2D eigenvalue weighted by molar-refractivity contribution is 8.01. The molecule has 0 aliphatic rings. The molecule has 2 aromatic carbocycles. The lowest BCUT2D eigenvalue weighted by Gasteiger charge is -2.05. The zero-order valence-electron chi connectivity index (χ0n) is 11.9. The molecule has 0 radical (unpaired) electrons. The molecule has 0 amide bonds. The van der Waals surface area contributed by atoms with Gasteiger partial charge in [0.15, 0.2) is 10.1 Å². The van der Waals surface area contributed by atoms with Crippen molar-refractivity contribution in [2.45, 2.75) is 18.2 Å². The van der Waals surface area contributed by atoms with Crippen molar-refractivity contribution >= 4 is 39.1 Å². The fraction of sp³-hybridized carbons (Fsp3) is 0.176. The maximum absolute atomic E-state index is 12.3. The molecule has 1 aromatic heterocycles. The number of Topliss-reactive ketones (excluding diaryl/α,β-unsaturated/α-hetero) is 1. The molecule has 106 valence electrons. The number of fused-ring (bicyclic) bond motifs is 1. The third kappa shape index (κ3) is 3.17. The highest BCUT2D eigenvalue weighted by Gasteiger charge is 2.11. The standard InChI is InChI=1S/C17H15NOS2/c1-11-7-8-13(12(2)9-11)15(19)10-20-17-18-14-5-3-4-6-16(14)21-17/h3-9H,10H2,1-2H3. The van der Waals surface area contributed by atoms with Crippen LogP contribution in [0.5, 0.6) is 0 Å². The number of carbonyl (C=O) groups is 1. The van der Waals surface area contributed by atoms with Gasteiger partial charge in [0, 0.05) is 5.56 Å². The fourth-order valence-electron chi connectivity index (χ4n) is 2.24. The van der Waals surface area contributed by atoms with Gasteiger partial charge < -0.3 is 0 Å². The van der Waals surface area contributed by atoms with E-state index in [1.807, 2.05) is 44.2 Å². The van der Waals surface area contributed by atoms with Crippen LogP contribution in [0, 0.1) is 13.8 Å². The van der Waals surface area contributed by atoms with Gasteiger partial charge >= 0.3 is 0 Å². The van der Waals surface area contributed by atoms with Crippen LogP contribution in [0.25, 0.3) is 10.2 Å². The Labute approximate surface area is 132 Å². The van der Waals surface area contributed by atoms with E-state index < -0.39 is 0 Å². The minimum absolute atomic E-state index is 0.164. The number of aromatic nitrogens is 1. The number of hydrogen-bond donors (Lipinski definition) is 0. The molecule has 2 nitrogen and oxygen atoms in total. The predicted molar refractivity (Wildman–Crippen MR) is 90.6 cm³/mol.